The van der Waals surface area contributed by atoms with Gasteiger partial charge in [0, 0.05) is 19.6 Å². The van der Waals surface area contributed by atoms with Crippen molar-refractivity contribution >= 4 is 0 Å². The molecule has 52 valence electrons. The summed E-state index contributed by atoms with van der Waals surface area (Å²) >= 11 is 0. The molecule has 0 amide bonds. The largest absolute Gasteiger partial charge is 0.502 e. The SMILES string of the molecule is C=COCCCN1CC1. The second kappa shape index (κ2) is 3.51. The molecular formula is C7H13NO. The van der Waals surface area contributed by atoms with Crippen LogP contribution in [-0.4, -0.2) is 31.1 Å². The van der Waals surface area contributed by atoms with E-state index in [2.05, 4.69) is 11.5 Å². The molecule has 1 aliphatic heterocycles. The average molecular weight is 127 g/mol. The highest BCUT2D eigenvalue weighted by atomic mass is 16.5. The molecule has 1 fully saturated rings. The fraction of sp³-hybridized carbons (Fsp3) is 0.714. The predicted octanol–water partition coefficient (Wildman–Crippen LogP) is 0.852. The summed E-state index contributed by atoms with van der Waals surface area (Å²) < 4.78 is 4.95. The molecule has 0 aromatic heterocycles. The zero-order valence-electron chi connectivity index (χ0n) is 5.68. The molecule has 1 heterocycles. The van der Waals surface area contributed by atoms with Gasteiger partial charge in [-0.05, 0) is 6.42 Å². The summed E-state index contributed by atoms with van der Waals surface area (Å²) in [5, 5.41) is 0. The van der Waals surface area contributed by atoms with Crippen molar-refractivity contribution in [2.75, 3.05) is 26.2 Å². The molecule has 1 aliphatic rings. The van der Waals surface area contributed by atoms with Crippen molar-refractivity contribution in [2.45, 2.75) is 6.42 Å². The third-order valence-corrected chi connectivity index (χ3v) is 1.39. The highest BCUT2D eigenvalue weighted by molar-refractivity contribution is 4.71. The summed E-state index contributed by atoms with van der Waals surface area (Å²) in [6.07, 6.45) is 2.63. The van der Waals surface area contributed by atoms with Crippen molar-refractivity contribution in [1.82, 2.24) is 4.90 Å². The van der Waals surface area contributed by atoms with Crippen molar-refractivity contribution in [3.63, 3.8) is 0 Å². The standard InChI is InChI=1S/C7H13NO/c1-2-9-7-3-4-8-5-6-8/h2H,1,3-7H2. The lowest BCUT2D eigenvalue weighted by molar-refractivity contribution is 0.238. The van der Waals surface area contributed by atoms with Crippen LogP contribution >= 0.6 is 0 Å². The van der Waals surface area contributed by atoms with Gasteiger partial charge in [0.1, 0.15) is 0 Å². The van der Waals surface area contributed by atoms with Crippen molar-refractivity contribution in [2.24, 2.45) is 0 Å². The molecular weight excluding hydrogens is 114 g/mol. The molecule has 0 N–H and O–H groups in total. The van der Waals surface area contributed by atoms with E-state index in [0.717, 1.165) is 13.0 Å². The molecule has 0 bridgehead atoms. The highest BCUT2D eigenvalue weighted by Gasteiger charge is 2.15. The minimum Gasteiger partial charge on any atom is -0.502 e. The van der Waals surface area contributed by atoms with Gasteiger partial charge < -0.3 is 9.64 Å². The summed E-state index contributed by atoms with van der Waals surface area (Å²) in [6.45, 7) is 8.04. The summed E-state index contributed by atoms with van der Waals surface area (Å²) in [6, 6.07) is 0. The predicted molar refractivity (Wildman–Crippen MR) is 37.2 cm³/mol. The van der Waals surface area contributed by atoms with Gasteiger partial charge in [0.25, 0.3) is 0 Å². The molecule has 0 atom stereocenters. The Hall–Kier alpha value is -0.500. The Labute approximate surface area is 56.1 Å². The molecule has 0 aromatic rings. The minimum absolute atomic E-state index is 0.819. The maximum absolute atomic E-state index is 4.95. The number of rotatable bonds is 5. The lowest BCUT2D eigenvalue weighted by atomic mass is 10.4. The fourth-order valence-corrected chi connectivity index (χ4v) is 0.749. The van der Waals surface area contributed by atoms with Gasteiger partial charge in [-0.25, -0.2) is 0 Å². The zero-order valence-corrected chi connectivity index (χ0v) is 5.68. The zero-order chi connectivity index (χ0) is 6.53. The van der Waals surface area contributed by atoms with Gasteiger partial charge in [0.15, 0.2) is 0 Å². The van der Waals surface area contributed by atoms with Gasteiger partial charge in [-0.1, -0.05) is 6.58 Å². The third-order valence-electron chi connectivity index (χ3n) is 1.39. The number of hydrogen-bond acceptors (Lipinski definition) is 2. The smallest absolute Gasteiger partial charge is 0.0885 e. The van der Waals surface area contributed by atoms with E-state index >= 15 is 0 Å². The molecule has 0 spiro atoms. The molecule has 2 nitrogen and oxygen atoms in total. The summed E-state index contributed by atoms with van der Waals surface area (Å²) in [7, 11) is 0. The van der Waals surface area contributed by atoms with E-state index in [-0.39, 0.29) is 0 Å². The second-order valence-corrected chi connectivity index (χ2v) is 2.23. The van der Waals surface area contributed by atoms with Crippen molar-refractivity contribution in [3.05, 3.63) is 12.8 Å². The summed E-state index contributed by atoms with van der Waals surface area (Å²) in [5.74, 6) is 0. The molecule has 0 radical (unpaired) electrons. The molecule has 0 aromatic carbocycles. The van der Waals surface area contributed by atoms with Crippen molar-refractivity contribution in [1.29, 1.82) is 0 Å². The molecule has 2 heteroatoms. The Morgan fingerprint density at radius 3 is 2.89 bits per heavy atom. The first-order valence-corrected chi connectivity index (χ1v) is 3.38. The van der Waals surface area contributed by atoms with Crippen LogP contribution in [0.1, 0.15) is 6.42 Å². The van der Waals surface area contributed by atoms with E-state index in [4.69, 9.17) is 4.74 Å². The second-order valence-electron chi connectivity index (χ2n) is 2.23. The molecule has 9 heavy (non-hydrogen) atoms. The normalized spacial score (nSPS) is 17.3. The first-order chi connectivity index (χ1) is 4.43. The highest BCUT2D eigenvalue weighted by Crippen LogP contribution is 2.03. The third kappa shape index (κ3) is 3.14. The Morgan fingerprint density at radius 2 is 2.33 bits per heavy atom. The average Bonchev–Trinajstić information content (AvgIpc) is 2.63. The lowest BCUT2D eigenvalue weighted by Gasteiger charge is -1.99. The van der Waals surface area contributed by atoms with Crippen LogP contribution < -0.4 is 0 Å². The van der Waals surface area contributed by atoms with Gasteiger partial charge in [0.2, 0.25) is 0 Å². The van der Waals surface area contributed by atoms with Gasteiger partial charge in [-0.15, -0.1) is 0 Å². The van der Waals surface area contributed by atoms with Crippen LogP contribution in [0.2, 0.25) is 0 Å². The molecule has 0 unspecified atom stereocenters. The van der Waals surface area contributed by atoms with E-state index in [1.807, 2.05) is 0 Å². The van der Waals surface area contributed by atoms with Gasteiger partial charge >= 0.3 is 0 Å². The lowest BCUT2D eigenvalue weighted by Crippen LogP contribution is -2.01. The van der Waals surface area contributed by atoms with E-state index in [1.165, 1.54) is 25.9 Å². The van der Waals surface area contributed by atoms with Crippen molar-refractivity contribution in [3.8, 4) is 0 Å². The molecule has 1 rings (SSSR count). The quantitative estimate of drug-likeness (QED) is 0.308. The number of hydrogen-bond donors (Lipinski definition) is 0. The monoisotopic (exact) mass is 127 g/mol. The molecule has 1 saturated heterocycles. The van der Waals surface area contributed by atoms with Crippen molar-refractivity contribution < 1.29 is 4.74 Å². The minimum atomic E-state index is 0.819. The van der Waals surface area contributed by atoms with Crippen LogP contribution in [0.5, 0.6) is 0 Å². The van der Waals surface area contributed by atoms with Crippen LogP contribution in [0.15, 0.2) is 12.8 Å². The van der Waals surface area contributed by atoms with E-state index in [0.29, 0.717) is 0 Å². The Kier molecular flexibility index (Phi) is 2.58. The number of nitrogens with zero attached hydrogens (tertiary/aromatic N) is 1. The first-order valence-electron chi connectivity index (χ1n) is 3.38. The van der Waals surface area contributed by atoms with Gasteiger partial charge in [-0.3, -0.25) is 0 Å². The summed E-state index contributed by atoms with van der Waals surface area (Å²) in [4.78, 5) is 2.38. The van der Waals surface area contributed by atoms with Crippen LogP contribution in [0.4, 0.5) is 0 Å². The Bertz CT molecular complexity index is 88.9. The van der Waals surface area contributed by atoms with Crippen LogP contribution in [0.25, 0.3) is 0 Å². The van der Waals surface area contributed by atoms with Crippen LogP contribution in [0, 0.1) is 0 Å². The maximum Gasteiger partial charge on any atom is 0.0885 e. The van der Waals surface area contributed by atoms with E-state index < -0.39 is 0 Å². The Balaban J connectivity index is 1.75. The first kappa shape index (κ1) is 6.62. The molecule has 0 saturated carbocycles. The van der Waals surface area contributed by atoms with Crippen LogP contribution in [0.3, 0.4) is 0 Å². The van der Waals surface area contributed by atoms with Gasteiger partial charge in [-0.2, -0.15) is 0 Å². The number of ether oxygens (including phenoxy) is 1. The molecule has 0 aliphatic carbocycles. The maximum atomic E-state index is 4.95. The van der Waals surface area contributed by atoms with E-state index in [1.54, 1.807) is 0 Å². The topological polar surface area (TPSA) is 12.2 Å². The van der Waals surface area contributed by atoms with Crippen LogP contribution in [-0.2, 0) is 4.74 Å². The Morgan fingerprint density at radius 1 is 1.56 bits per heavy atom. The van der Waals surface area contributed by atoms with E-state index in [9.17, 15) is 0 Å². The van der Waals surface area contributed by atoms with Gasteiger partial charge in [0.05, 0.1) is 12.9 Å². The summed E-state index contributed by atoms with van der Waals surface area (Å²) in [5.41, 5.74) is 0. The fourth-order valence-electron chi connectivity index (χ4n) is 0.749.